The third kappa shape index (κ3) is 3.54. The molecule has 0 unspecified atom stereocenters. The largest absolute Gasteiger partial charge is 0.351 e. The summed E-state index contributed by atoms with van der Waals surface area (Å²) in [5.41, 5.74) is 0.720. The van der Waals surface area contributed by atoms with Gasteiger partial charge in [0, 0.05) is 45.3 Å². The van der Waals surface area contributed by atoms with Gasteiger partial charge in [0.1, 0.15) is 0 Å². The molecule has 94 valence electrons. The Balaban J connectivity index is 1.69. The lowest BCUT2D eigenvalue weighted by Crippen LogP contribution is -2.46. The van der Waals surface area contributed by atoms with Gasteiger partial charge in [0.15, 0.2) is 0 Å². The van der Waals surface area contributed by atoms with Crippen molar-refractivity contribution in [3.63, 3.8) is 0 Å². The molecule has 6 heteroatoms. The molecule has 17 heavy (non-hydrogen) atoms. The lowest BCUT2D eigenvalue weighted by atomic mass is 10.3. The Hall–Kier alpha value is -1.40. The molecule has 1 fully saturated rings. The molecule has 0 atom stereocenters. The van der Waals surface area contributed by atoms with E-state index in [1.165, 1.54) is 0 Å². The first-order valence-corrected chi connectivity index (χ1v) is 5.90. The highest BCUT2D eigenvalue weighted by Gasteiger charge is 2.12. The topological polar surface area (TPSA) is 70.4 Å². The molecule has 0 bridgehead atoms. The van der Waals surface area contributed by atoms with Crippen molar-refractivity contribution in [1.29, 1.82) is 0 Å². The summed E-state index contributed by atoms with van der Waals surface area (Å²) in [6.45, 7) is 7.43. The zero-order valence-corrected chi connectivity index (χ0v) is 10.0. The Morgan fingerprint density at radius 1 is 1.59 bits per heavy atom. The summed E-state index contributed by atoms with van der Waals surface area (Å²) in [5, 5.41) is 9.80. The number of nitrogens with one attached hydrogen (secondary N) is 2. The van der Waals surface area contributed by atoms with Gasteiger partial charge in [-0.2, -0.15) is 0 Å². The minimum Gasteiger partial charge on any atom is -0.351 e. The molecule has 1 saturated heterocycles. The van der Waals surface area contributed by atoms with Gasteiger partial charge in [0.05, 0.1) is 5.69 Å². The highest BCUT2D eigenvalue weighted by atomic mass is 16.5. The van der Waals surface area contributed by atoms with Crippen LogP contribution in [0.1, 0.15) is 16.2 Å². The SMILES string of the molecule is Cc1cc(C(=O)NCCN2CCNCC2)on1. The number of piperazine rings is 1. The van der Waals surface area contributed by atoms with Crippen LogP contribution < -0.4 is 10.6 Å². The normalized spacial score (nSPS) is 17.0. The summed E-state index contributed by atoms with van der Waals surface area (Å²) < 4.78 is 4.88. The van der Waals surface area contributed by atoms with Crippen molar-refractivity contribution in [1.82, 2.24) is 20.7 Å². The monoisotopic (exact) mass is 238 g/mol. The highest BCUT2D eigenvalue weighted by molar-refractivity contribution is 5.91. The van der Waals surface area contributed by atoms with E-state index >= 15 is 0 Å². The second-order valence-corrected chi connectivity index (χ2v) is 4.18. The molecule has 2 N–H and O–H groups in total. The maximum atomic E-state index is 11.6. The molecular weight excluding hydrogens is 220 g/mol. The quantitative estimate of drug-likeness (QED) is 0.748. The number of aromatic nitrogens is 1. The van der Waals surface area contributed by atoms with E-state index in [1.54, 1.807) is 13.0 Å². The summed E-state index contributed by atoms with van der Waals surface area (Å²) >= 11 is 0. The molecule has 1 aromatic rings. The fourth-order valence-corrected chi connectivity index (χ4v) is 1.82. The summed E-state index contributed by atoms with van der Waals surface area (Å²) in [5.74, 6) is 0.0866. The van der Waals surface area contributed by atoms with E-state index in [4.69, 9.17) is 4.52 Å². The number of hydrogen-bond donors (Lipinski definition) is 2. The molecule has 6 nitrogen and oxygen atoms in total. The molecule has 1 amide bonds. The lowest BCUT2D eigenvalue weighted by Gasteiger charge is -2.26. The number of hydrogen-bond acceptors (Lipinski definition) is 5. The predicted octanol–water partition coefficient (Wildman–Crippen LogP) is -0.382. The summed E-state index contributed by atoms with van der Waals surface area (Å²) in [6.07, 6.45) is 0. The van der Waals surface area contributed by atoms with E-state index in [0.29, 0.717) is 6.54 Å². The van der Waals surface area contributed by atoms with Crippen molar-refractivity contribution in [3.8, 4) is 0 Å². The Morgan fingerprint density at radius 3 is 3.00 bits per heavy atom. The Kier molecular flexibility index (Phi) is 4.11. The van der Waals surface area contributed by atoms with Crippen LogP contribution in [0.15, 0.2) is 10.6 Å². The van der Waals surface area contributed by atoms with Gasteiger partial charge < -0.3 is 15.2 Å². The number of amides is 1. The van der Waals surface area contributed by atoms with E-state index in [2.05, 4.69) is 20.7 Å². The van der Waals surface area contributed by atoms with Crippen molar-refractivity contribution in [2.75, 3.05) is 39.3 Å². The second-order valence-electron chi connectivity index (χ2n) is 4.18. The van der Waals surface area contributed by atoms with Gasteiger partial charge in [-0.05, 0) is 6.92 Å². The van der Waals surface area contributed by atoms with Crippen molar-refractivity contribution < 1.29 is 9.32 Å². The van der Waals surface area contributed by atoms with Crippen molar-refractivity contribution in [2.45, 2.75) is 6.92 Å². The summed E-state index contributed by atoms with van der Waals surface area (Å²) in [6, 6.07) is 1.64. The first-order chi connectivity index (χ1) is 8.25. The van der Waals surface area contributed by atoms with E-state index in [0.717, 1.165) is 38.4 Å². The fourth-order valence-electron chi connectivity index (χ4n) is 1.82. The van der Waals surface area contributed by atoms with Gasteiger partial charge in [-0.15, -0.1) is 0 Å². The van der Waals surface area contributed by atoms with Gasteiger partial charge in [0.25, 0.3) is 5.91 Å². The van der Waals surface area contributed by atoms with E-state index in [1.807, 2.05) is 0 Å². The second kappa shape index (κ2) is 5.79. The van der Waals surface area contributed by atoms with E-state index in [9.17, 15) is 4.79 Å². The molecule has 2 heterocycles. The number of carbonyl (C=O) groups excluding carboxylic acids is 1. The number of carbonyl (C=O) groups is 1. The Morgan fingerprint density at radius 2 is 2.35 bits per heavy atom. The molecule has 0 radical (unpaired) electrons. The number of aryl methyl sites for hydroxylation is 1. The Bertz CT molecular complexity index is 371. The highest BCUT2D eigenvalue weighted by Crippen LogP contribution is 2.01. The van der Waals surface area contributed by atoms with Crippen molar-refractivity contribution >= 4 is 5.91 Å². The maximum Gasteiger partial charge on any atom is 0.289 e. The first kappa shape index (κ1) is 12.1. The molecular formula is C11H18N4O2. The molecule has 0 saturated carbocycles. The molecule has 0 spiro atoms. The first-order valence-electron chi connectivity index (χ1n) is 5.90. The maximum absolute atomic E-state index is 11.6. The van der Waals surface area contributed by atoms with Gasteiger partial charge in [-0.25, -0.2) is 0 Å². The average Bonchev–Trinajstić information content (AvgIpc) is 2.77. The van der Waals surface area contributed by atoms with Crippen LogP contribution >= 0.6 is 0 Å². The van der Waals surface area contributed by atoms with Crippen molar-refractivity contribution in [3.05, 3.63) is 17.5 Å². The van der Waals surface area contributed by atoms with Crippen LogP contribution in [-0.4, -0.2) is 55.2 Å². The summed E-state index contributed by atoms with van der Waals surface area (Å²) in [4.78, 5) is 13.9. The number of nitrogens with zero attached hydrogens (tertiary/aromatic N) is 2. The predicted molar refractivity (Wildman–Crippen MR) is 62.9 cm³/mol. The summed E-state index contributed by atoms with van der Waals surface area (Å²) in [7, 11) is 0. The third-order valence-electron chi connectivity index (χ3n) is 2.77. The molecule has 1 aromatic heterocycles. The van der Waals surface area contributed by atoms with Gasteiger partial charge in [-0.1, -0.05) is 5.16 Å². The minimum absolute atomic E-state index is 0.194. The van der Waals surface area contributed by atoms with Gasteiger partial charge in [0.2, 0.25) is 5.76 Å². The van der Waals surface area contributed by atoms with Crippen LogP contribution in [0.5, 0.6) is 0 Å². The van der Waals surface area contributed by atoms with Crippen molar-refractivity contribution in [2.24, 2.45) is 0 Å². The minimum atomic E-state index is -0.194. The third-order valence-corrected chi connectivity index (χ3v) is 2.77. The molecule has 1 aliphatic heterocycles. The van der Waals surface area contributed by atoms with Gasteiger partial charge >= 0.3 is 0 Å². The van der Waals surface area contributed by atoms with Gasteiger partial charge in [-0.3, -0.25) is 9.69 Å². The van der Waals surface area contributed by atoms with Crippen LogP contribution in [0.4, 0.5) is 0 Å². The standard InChI is InChI=1S/C11H18N4O2/c1-9-8-10(17-14-9)11(16)13-4-7-15-5-2-12-3-6-15/h8,12H,2-7H2,1H3,(H,13,16). The van der Waals surface area contributed by atoms with Crippen LogP contribution in [0.3, 0.4) is 0 Å². The smallest absolute Gasteiger partial charge is 0.289 e. The fraction of sp³-hybridized carbons (Fsp3) is 0.636. The zero-order chi connectivity index (χ0) is 12.1. The molecule has 0 aromatic carbocycles. The lowest BCUT2D eigenvalue weighted by molar-refractivity contribution is 0.0910. The van der Waals surface area contributed by atoms with Crippen LogP contribution in [-0.2, 0) is 0 Å². The number of rotatable bonds is 4. The zero-order valence-electron chi connectivity index (χ0n) is 10.0. The van der Waals surface area contributed by atoms with Crippen LogP contribution in [0, 0.1) is 6.92 Å². The van der Waals surface area contributed by atoms with E-state index < -0.39 is 0 Å². The average molecular weight is 238 g/mol. The van der Waals surface area contributed by atoms with Crippen LogP contribution in [0.2, 0.25) is 0 Å². The Labute approximate surface area is 100 Å². The molecule has 1 aliphatic rings. The van der Waals surface area contributed by atoms with Crippen LogP contribution in [0.25, 0.3) is 0 Å². The van der Waals surface area contributed by atoms with E-state index in [-0.39, 0.29) is 11.7 Å². The molecule has 2 rings (SSSR count). The molecule has 0 aliphatic carbocycles.